The van der Waals surface area contributed by atoms with Gasteiger partial charge in [0.25, 0.3) is 0 Å². The number of carbonyl (C=O) groups is 1. The summed E-state index contributed by atoms with van der Waals surface area (Å²) in [5.41, 5.74) is 1.48. The second-order valence-corrected chi connectivity index (χ2v) is 11.6. The molecular weight excluding hydrogens is 598 g/mol. The minimum atomic E-state index is -3.03. The number of aliphatic hydroxyl groups is 4. The van der Waals surface area contributed by atoms with E-state index in [0.717, 1.165) is 24.0 Å². The van der Waals surface area contributed by atoms with E-state index in [0.29, 0.717) is 17.7 Å². The van der Waals surface area contributed by atoms with Crippen LogP contribution in [0.3, 0.4) is 0 Å². The molecule has 2 aliphatic rings. The van der Waals surface area contributed by atoms with Crippen molar-refractivity contribution in [3.05, 3.63) is 77.2 Å². The van der Waals surface area contributed by atoms with Crippen LogP contribution >= 0.6 is 0 Å². The predicted molar refractivity (Wildman–Crippen MR) is 151 cm³/mol. The number of hydrogen-bond acceptors (Lipinski definition) is 11. The van der Waals surface area contributed by atoms with Crippen LogP contribution in [0.25, 0.3) is 0 Å². The highest BCUT2D eigenvalue weighted by molar-refractivity contribution is 5.73. The van der Waals surface area contributed by atoms with Crippen LogP contribution in [0.4, 0.5) is 8.78 Å². The fourth-order valence-corrected chi connectivity index (χ4v) is 4.90. The summed E-state index contributed by atoms with van der Waals surface area (Å²) in [7, 11) is 0. The number of hydrogen-bond donors (Lipinski definition) is 5. The van der Waals surface area contributed by atoms with E-state index >= 15 is 0 Å². The van der Waals surface area contributed by atoms with Crippen molar-refractivity contribution in [2.45, 2.75) is 88.1 Å². The predicted octanol–water partition coefficient (Wildman–Crippen LogP) is 2.49. The molecule has 45 heavy (non-hydrogen) atoms. The molecule has 1 saturated heterocycles. The maximum atomic E-state index is 13.1. The molecule has 1 aromatic carbocycles. The van der Waals surface area contributed by atoms with Crippen molar-refractivity contribution in [1.82, 2.24) is 9.97 Å². The molecule has 0 radical (unpaired) electrons. The SMILES string of the molecule is CC(C)(O)c1ccc(C(Cc2ccc(OC3OC(C(=O)O)C(O)C(O)C3O)nc2)c2ccc(OC(F)F)c(OC3CC3)c2)cn1. The molecule has 0 bridgehead atoms. The Kier molecular flexibility index (Phi) is 9.51. The minimum Gasteiger partial charge on any atom is -0.487 e. The van der Waals surface area contributed by atoms with Crippen molar-refractivity contribution in [3.63, 3.8) is 0 Å². The number of aliphatic carboxylic acids is 1. The Bertz CT molecular complexity index is 1460. The molecule has 2 aromatic heterocycles. The number of pyridine rings is 2. The molecule has 0 spiro atoms. The smallest absolute Gasteiger partial charge is 0.387 e. The van der Waals surface area contributed by atoms with Gasteiger partial charge in [-0.1, -0.05) is 18.2 Å². The molecule has 2 fully saturated rings. The maximum absolute atomic E-state index is 13.1. The van der Waals surface area contributed by atoms with E-state index in [1.54, 1.807) is 44.3 Å². The van der Waals surface area contributed by atoms with E-state index in [1.165, 1.54) is 18.3 Å². The summed E-state index contributed by atoms with van der Waals surface area (Å²) in [6.07, 6.45) is -3.85. The summed E-state index contributed by atoms with van der Waals surface area (Å²) in [6.45, 7) is 0.210. The van der Waals surface area contributed by atoms with Crippen LogP contribution in [0.5, 0.6) is 17.4 Å². The molecule has 1 saturated carbocycles. The molecule has 1 aliphatic carbocycles. The number of carboxylic acid groups (broad SMARTS) is 1. The minimum absolute atomic E-state index is 0.0445. The van der Waals surface area contributed by atoms with Gasteiger partial charge in [0.2, 0.25) is 12.2 Å². The number of rotatable bonds is 12. The second-order valence-electron chi connectivity index (χ2n) is 11.6. The van der Waals surface area contributed by atoms with Gasteiger partial charge in [-0.15, -0.1) is 0 Å². The number of alkyl halides is 2. The molecule has 14 heteroatoms. The van der Waals surface area contributed by atoms with Crippen LogP contribution in [-0.4, -0.2) is 84.9 Å². The molecule has 242 valence electrons. The number of halogens is 2. The second kappa shape index (κ2) is 13.2. The van der Waals surface area contributed by atoms with Gasteiger partial charge in [0.15, 0.2) is 17.6 Å². The molecule has 3 aromatic rings. The zero-order chi connectivity index (χ0) is 32.5. The number of carboxylic acids is 1. The molecule has 5 N–H and O–H groups in total. The van der Waals surface area contributed by atoms with Crippen molar-refractivity contribution >= 4 is 5.97 Å². The first kappa shape index (κ1) is 32.4. The van der Waals surface area contributed by atoms with E-state index in [1.807, 2.05) is 6.07 Å². The molecule has 6 unspecified atom stereocenters. The highest BCUT2D eigenvalue weighted by Crippen LogP contribution is 2.39. The lowest BCUT2D eigenvalue weighted by Crippen LogP contribution is -2.61. The summed E-state index contributed by atoms with van der Waals surface area (Å²) >= 11 is 0. The van der Waals surface area contributed by atoms with Gasteiger partial charge in [-0.05, 0) is 68.0 Å². The zero-order valence-electron chi connectivity index (χ0n) is 24.4. The van der Waals surface area contributed by atoms with Crippen LogP contribution in [0.2, 0.25) is 0 Å². The van der Waals surface area contributed by atoms with Crippen LogP contribution in [0.1, 0.15) is 55.0 Å². The third-order valence-corrected chi connectivity index (χ3v) is 7.51. The van der Waals surface area contributed by atoms with Gasteiger partial charge in [0.05, 0.1) is 11.8 Å². The highest BCUT2D eigenvalue weighted by Gasteiger charge is 2.48. The quantitative estimate of drug-likeness (QED) is 0.197. The first-order valence-corrected chi connectivity index (χ1v) is 14.3. The molecule has 5 rings (SSSR count). The van der Waals surface area contributed by atoms with Crippen LogP contribution < -0.4 is 14.2 Å². The molecule has 3 heterocycles. The number of ether oxygens (including phenoxy) is 4. The standard InChI is InChI=1S/C31H34F2N2O10/c1-31(2,41)22-9-5-17(14-34-22)19(16-4-8-20(43-30(32)33)21(12-16)42-18-6-7-18)11-15-3-10-23(35-13-15)44-29-26(38)24(36)25(37)27(45-29)28(39)40/h3-5,8-10,12-14,18-19,24-27,29-30,36-38,41H,6-7,11H2,1-2H3,(H,39,40). The first-order chi connectivity index (χ1) is 21.3. The Hall–Kier alpha value is -3.95. The third kappa shape index (κ3) is 7.83. The van der Waals surface area contributed by atoms with Gasteiger partial charge in [-0.3, -0.25) is 4.98 Å². The van der Waals surface area contributed by atoms with Gasteiger partial charge in [0.1, 0.15) is 23.9 Å². The number of benzene rings is 1. The Labute approximate surface area is 256 Å². The monoisotopic (exact) mass is 632 g/mol. The van der Waals surface area contributed by atoms with Crippen molar-refractivity contribution in [3.8, 4) is 17.4 Å². The zero-order valence-corrected chi connectivity index (χ0v) is 24.4. The maximum Gasteiger partial charge on any atom is 0.387 e. The molecular formula is C31H34F2N2O10. The van der Waals surface area contributed by atoms with Crippen LogP contribution in [-0.2, 0) is 21.6 Å². The summed E-state index contributed by atoms with van der Waals surface area (Å²) in [5, 5.41) is 49.8. The lowest BCUT2D eigenvalue weighted by molar-refractivity contribution is -0.271. The average molecular weight is 633 g/mol. The van der Waals surface area contributed by atoms with E-state index in [-0.39, 0.29) is 29.4 Å². The van der Waals surface area contributed by atoms with Crippen molar-refractivity contribution in [2.24, 2.45) is 0 Å². The van der Waals surface area contributed by atoms with Gasteiger partial charge in [-0.25, -0.2) is 9.78 Å². The van der Waals surface area contributed by atoms with E-state index in [4.69, 9.17) is 14.2 Å². The lowest BCUT2D eigenvalue weighted by Gasteiger charge is -2.38. The van der Waals surface area contributed by atoms with E-state index in [9.17, 15) is 39.1 Å². The Morgan fingerprint density at radius 2 is 1.69 bits per heavy atom. The fraction of sp³-hybridized carbons (Fsp3) is 0.452. The van der Waals surface area contributed by atoms with Crippen molar-refractivity contribution in [2.75, 3.05) is 0 Å². The molecule has 1 aliphatic heterocycles. The Balaban J connectivity index is 1.41. The van der Waals surface area contributed by atoms with Crippen molar-refractivity contribution < 1.29 is 58.1 Å². The van der Waals surface area contributed by atoms with Gasteiger partial charge in [0, 0.05) is 24.4 Å². The Morgan fingerprint density at radius 3 is 2.27 bits per heavy atom. The van der Waals surface area contributed by atoms with Gasteiger partial charge >= 0.3 is 12.6 Å². The number of nitrogens with zero attached hydrogens (tertiary/aromatic N) is 2. The average Bonchev–Trinajstić information content (AvgIpc) is 3.81. The highest BCUT2D eigenvalue weighted by atomic mass is 19.3. The molecule has 0 amide bonds. The van der Waals surface area contributed by atoms with E-state index < -0.39 is 48.9 Å². The summed E-state index contributed by atoms with van der Waals surface area (Å²) in [4.78, 5) is 20.1. The normalized spacial score (nSPS) is 24.2. The number of aliphatic hydroxyl groups excluding tert-OH is 3. The molecule has 6 atom stereocenters. The Morgan fingerprint density at radius 1 is 0.956 bits per heavy atom. The topological polar surface area (TPSA) is 181 Å². The summed E-state index contributed by atoms with van der Waals surface area (Å²) < 4.78 is 47.4. The van der Waals surface area contributed by atoms with Crippen molar-refractivity contribution in [1.29, 1.82) is 0 Å². The fourth-order valence-electron chi connectivity index (χ4n) is 4.90. The largest absolute Gasteiger partial charge is 0.487 e. The first-order valence-electron chi connectivity index (χ1n) is 14.3. The lowest BCUT2D eigenvalue weighted by atomic mass is 9.86. The van der Waals surface area contributed by atoms with Crippen LogP contribution in [0.15, 0.2) is 54.9 Å². The van der Waals surface area contributed by atoms with Gasteiger partial charge < -0.3 is 44.5 Å². The summed E-state index contributed by atoms with van der Waals surface area (Å²) in [5.74, 6) is -1.84. The molecule has 12 nitrogen and oxygen atoms in total. The van der Waals surface area contributed by atoms with E-state index in [2.05, 4.69) is 14.7 Å². The van der Waals surface area contributed by atoms with Crippen LogP contribution in [0, 0.1) is 0 Å². The number of aromatic nitrogens is 2. The van der Waals surface area contributed by atoms with Gasteiger partial charge in [-0.2, -0.15) is 8.78 Å². The third-order valence-electron chi connectivity index (χ3n) is 7.51. The summed E-state index contributed by atoms with van der Waals surface area (Å²) in [6, 6.07) is 11.4.